The molecule has 0 radical (unpaired) electrons. The van der Waals surface area contributed by atoms with Gasteiger partial charge in [-0.1, -0.05) is 6.42 Å². The first kappa shape index (κ1) is 19.4. The minimum absolute atomic E-state index is 0. The van der Waals surface area contributed by atoms with Crippen LogP contribution in [0.1, 0.15) is 37.2 Å². The van der Waals surface area contributed by atoms with Crippen LogP contribution in [-0.2, 0) is 6.54 Å². The number of guanidine groups is 1. The average molecular weight is 444 g/mol. The van der Waals surface area contributed by atoms with Crippen LogP contribution >= 0.6 is 24.0 Å². The van der Waals surface area contributed by atoms with Crippen LogP contribution < -0.4 is 5.32 Å². The number of rotatable bonds is 3. The van der Waals surface area contributed by atoms with E-state index in [9.17, 15) is 0 Å². The lowest BCUT2D eigenvalue weighted by Crippen LogP contribution is -2.44. The Kier molecular flexibility index (Phi) is 7.67. The molecule has 2 saturated heterocycles. The van der Waals surface area contributed by atoms with Crippen LogP contribution in [0.2, 0.25) is 0 Å². The Morgan fingerprint density at radius 1 is 1.29 bits per heavy atom. The van der Waals surface area contributed by atoms with E-state index < -0.39 is 0 Å². The Morgan fingerprint density at radius 2 is 2.08 bits per heavy atom. The standard InChI is InChI=1S/C17H28N6.HI/c1-14-19-8-6-15(21-14)12-20-17(18-2)23-11-7-16(13-23)22-9-4-3-5-10-22;/h6,8,16H,3-5,7,9-13H2,1-2H3,(H,18,20);1H. The first-order chi connectivity index (χ1) is 11.3. The van der Waals surface area contributed by atoms with E-state index in [-0.39, 0.29) is 24.0 Å². The summed E-state index contributed by atoms with van der Waals surface area (Å²) < 4.78 is 0. The first-order valence-electron chi connectivity index (χ1n) is 8.74. The van der Waals surface area contributed by atoms with Gasteiger partial charge in [0.15, 0.2) is 5.96 Å². The number of aliphatic imine (C=N–C) groups is 1. The van der Waals surface area contributed by atoms with E-state index in [0.29, 0.717) is 12.6 Å². The topological polar surface area (TPSA) is 56.7 Å². The summed E-state index contributed by atoms with van der Waals surface area (Å²) in [7, 11) is 1.86. The van der Waals surface area contributed by atoms with Gasteiger partial charge in [0, 0.05) is 32.4 Å². The summed E-state index contributed by atoms with van der Waals surface area (Å²) >= 11 is 0. The Balaban J connectivity index is 0.00000208. The molecule has 1 N–H and O–H groups in total. The molecule has 1 unspecified atom stereocenters. The maximum Gasteiger partial charge on any atom is 0.194 e. The Morgan fingerprint density at radius 3 is 2.79 bits per heavy atom. The smallest absolute Gasteiger partial charge is 0.194 e. The predicted molar refractivity (Wildman–Crippen MR) is 108 cm³/mol. The quantitative estimate of drug-likeness (QED) is 0.440. The van der Waals surface area contributed by atoms with Gasteiger partial charge in [-0.05, 0) is 45.3 Å². The number of aryl methyl sites for hydroxylation is 1. The highest BCUT2D eigenvalue weighted by Crippen LogP contribution is 2.20. The third kappa shape index (κ3) is 5.02. The molecule has 3 rings (SSSR count). The second-order valence-electron chi connectivity index (χ2n) is 6.48. The monoisotopic (exact) mass is 444 g/mol. The minimum atomic E-state index is 0. The van der Waals surface area contributed by atoms with Gasteiger partial charge in [0.1, 0.15) is 5.82 Å². The SMILES string of the molecule is CN=C(NCc1ccnc(C)n1)N1CCC(N2CCCCC2)C1.I. The summed E-state index contributed by atoms with van der Waals surface area (Å²) in [6.45, 7) is 7.32. The molecule has 0 saturated carbocycles. The number of hydrogen-bond donors (Lipinski definition) is 1. The van der Waals surface area contributed by atoms with Crippen molar-refractivity contribution in [3.63, 3.8) is 0 Å². The van der Waals surface area contributed by atoms with Crippen LogP contribution in [0.5, 0.6) is 0 Å². The molecular weight excluding hydrogens is 415 g/mol. The van der Waals surface area contributed by atoms with E-state index in [0.717, 1.165) is 30.6 Å². The summed E-state index contributed by atoms with van der Waals surface area (Å²) in [6, 6.07) is 2.64. The number of aromatic nitrogens is 2. The van der Waals surface area contributed by atoms with Crippen molar-refractivity contribution in [1.82, 2.24) is 25.1 Å². The lowest BCUT2D eigenvalue weighted by Gasteiger charge is -2.32. The van der Waals surface area contributed by atoms with Gasteiger partial charge in [0.25, 0.3) is 0 Å². The van der Waals surface area contributed by atoms with E-state index in [1.54, 1.807) is 0 Å². The molecule has 1 aromatic rings. The zero-order chi connectivity index (χ0) is 16.1. The van der Waals surface area contributed by atoms with Crippen molar-refractivity contribution in [1.29, 1.82) is 0 Å². The first-order valence-corrected chi connectivity index (χ1v) is 8.74. The van der Waals surface area contributed by atoms with Gasteiger partial charge in [-0.3, -0.25) is 9.89 Å². The number of halogens is 1. The summed E-state index contributed by atoms with van der Waals surface area (Å²) in [5.74, 6) is 1.80. The van der Waals surface area contributed by atoms with E-state index in [1.807, 2.05) is 26.2 Å². The highest BCUT2D eigenvalue weighted by atomic mass is 127. The summed E-state index contributed by atoms with van der Waals surface area (Å²) in [4.78, 5) is 18.1. The fourth-order valence-corrected chi connectivity index (χ4v) is 3.62. The Hall–Kier alpha value is -0.960. The lowest BCUT2D eigenvalue weighted by atomic mass is 10.1. The zero-order valence-corrected chi connectivity index (χ0v) is 17.1. The Bertz CT molecular complexity index is 544. The third-order valence-electron chi connectivity index (χ3n) is 4.84. The van der Waals surface area contributed by atoms with Crippen molar-refractivity contribution >= 4 is 29.9 Å². The van der Waals surface area contributed by atoms with Crippen molar-refractivity contribution in [2.45, 2.75) is 45.2 Å². The van der Waals surface area contributed by atoms with Crippen LogP contribution in [-0.4, -0.2) is 65.0 Å². The number of likely N-dealkylation sites (tertiary alicyclic amines) is 2. The maximum atomic E-state index is 4.46. The molecule has 0 aliphatic carbocycles. The maximum absolute atomic E-state index is 4.46. The lowest BCUT2D eigenvalue weighted by molar-refractivity contribution is 0.168. The molecule has 7 heteroatoms. The zero-order valence-electron chi connectivity index (χ0n) is 14.7. The Labute approximate surface area is 162 Å². The third-order valence-corrected chi connectivity index (χ3v) is 4.84. The van der Waals surface area contributed by atoms with Crippen molar-refractivity contribution in [2.75, 3.05) is 33.2 Å². The molecule has 6 nitrogen and oxygen atoms in total. The van der Waals surface area contributed by atoms with Crippen LogP contribution in [0, 0.1) is 6.92 Å². The molecule has 3 heterocycles. The number of piperidine rings is 1. The van der Waals surface area contributed by atoms with Crippen molar-refractivity contribution < 1.29 is 0 Å². The number of hydrogen-bond acceptors (Lipinski definition) is 4. The van der Waals surface area contributed by atoms with Crippen molar-refractivity contribution in [2.24, 2.45) is 4.99 Å². The molecule has 0 amide bonds. The molecule has 134 valence electrons. The van der Waals surface area contributed by atoms with Crippen molar-refractivity contribution in [3.05, 3.63) is 23.8 Å². The molecule has 2 fully saturated rings. The normalized spacial score (nSPS) is 22.3. The molecule has 1 atom stereocenters. The van der Waals surface area contributed by atoms with E-state index in [4.69, 9.17) is 0 Å². The molecule has 0 bridgehead atoms. The second kappa shape index (κ2) is 9.50. The average Bonchev–Trinajstić information content (AvgIpc) is 3.06. The fraction of sp³-hybridized carbons (Fsp3) is 0.706. The van der Waals surface area contributed by atoms with Crippen molar-refractivity contribution in [3.8, 4) is 0 Å². The summed E-state index contributed by atoms with van der Waals surface area (Å²) in [5, 5.41) is 3.45. The molecule has 24 heavy (non-hydrogen) atoms. The van der Waals surface area contributed by atoms with Crippen LogP contribution in [0.4, 0.5) is 0 Å². The number of nitrogens with zero attached hydrogens (tertiary/aromatic N) is 5. The van der Waals surface area contributed by atoms with Gasteiger partial charge in [-0.15, -0.1) is 24.0 Å². The van der Waals surface area contributed by atoms with Gasteiger partial charge in [0.2, 0.25) is 0 Å². The predicted octanol–water partition coefficient (Wildman–Crippen LogP) is 2.04. The fourth-order valence-electron chi connectivity index (χ4n) is 3.62. The molecular formula is C17H29IN6. The molecule has 0 spiro atoms. The highest BCUT2D eigenvalue weighted by molar-refractivity contribution is 14.0. The minimum Gasteiger partial charge on any atom is -0.351 e. The summed E-state index contributed by atoms with van der Waals surface area (Å²) in [6.07, 6.45) is 7.17. The second-order valence-corrected chi connectivity index (χ2v) is 6.48. The summed E-state index contributed by atoms with van der Waals surface area (Å²) in [5.41, 5.74) is 1.01. The molecule has 2 aliphatic rings. The largest absolute Gasteiger partial charge is 0.351 e. The van der Waals surface area contributed by atoms with Gasteiger partial charge in [0.05, 0.1) is 12.2 Å². The number of nitrogens with one attached hydrogen (secondary N) is 1. The molecule has 0 aromatic carbocycles. The van der Waals surface area contributed by atoms with Crippen LogP contribution in [0.3, 0.4) is 0 Å². The van der Waals surface area contributed by atoms with Crippen LogP contribution in [0.15, 0.2) is 17.3 Å². The van der Waals surface area contributed by atoms with E-state index >= 15 is 0 Å². The van der Waals surface area contributed by atoms with Gasteiger partial charge in [-0.25, -0.2) is 9.97 Å². The molecule has 2 aliphatic heterocycles. The van der Waals surface area contributed by atoms with Crippen LogP contribution in [0.25, 0.3) is 0 Å². The van der Waals surface area contributed by atoms with E-state index in [2.05, 4.69) is 30.1 Å². The van der Waals surface area contributed by atoms with Gasteiger partial charge < -0.3 is 10.2 Å². The molecule has 1 aromatic heterocycles. The van der Waals surface area contributed by atoms with Gasteiger partial charge in [-0.2, -0.15) is 0 Å². The highest BCUT2D eigenvalue weighted by Gasteiger charge is 2.29. The van der Waals surface area contributed by atoms with E-state index in [1.165, 1.54) is 38.8 Å². The van der Waals surface area contributed by atoms with Gasteiger partial charge >= 0.3 is 0 Å².